The summed E-state index contributed by atoms with van der Waals surface area (Å²) in [5, 5.41) is 19.4. The molecular formula is C38H32O4Pd. The second-order valence-corrected chi connectivity index (χ2v) is 8.92. The molecule has 0 radical (unpaired) electrons. The van der Waals surface area contributed by atoms with E-state index in [1.54, 1.807) is 24.3 Å². The fourth-order valence-electron chi connectivity index (χ4n) is 3.46. The molecule has 4 rings (SSSR count). The molecule has 0 aliphatic rings. The van der Waals surface area contributed by atoms with Crippen LogP contribution < -0.4 is 0 Å². The van der Waals surface area contributed by atoms with Crippen molar-refractivity contribution in [2.75, 3.05) is 0 Å². The van der Waals surface area contributed by atoms with E-state index in [2.05, 4.69) is 0 Å². The molecule has 0 heterocycles. The number of carbonyl (C=O) groups excluding carboxylic acids is 2. The number of carbonyl (C=O) groups is 2. The Morgan fingerprint density at radius 1 is 0.395 bits per heavy atom. The molecule has 4 aromatic rings. The van der Waals surface area contributed by atoms with E-state index >= 15 is 0 Å². The fraction of sp³-hybridized carbons (Fsp3) is 0. The van der Waals surface area contributed by atoms with E-state index in [0.717, 1.165) is 22.3 Å². The average molecular weight is 659 g/mol. The minimum atomic E-state index is -0.255. The van der Waals surface area contributed by atoms with Gasteiger partial charge in [-0.05, 0) is 46.6 Å². The molecule has 2 N–H and O–H groups in total. The van der Waals surface area contributed by atoms with Crippen molar-refractivity contribution in [3.05, 3.63) is 192 Å². The van der Waals surface area contributed by atoms with Crippen LogP contribution in [0.4, 0.5) is 0 Å². The van der Waals surface area contributed by atoms with Crippen LogP contribution in [0.5, 0.6) is 0 Å². The molecule has 0 saturated carbocycles. The van der Waals surface area contributed by atoms with Crippen LogP contribution in [0.25, 0.3) is 24.3 Å². The van der Waals surface area contributed by atoms with Crippen molar-refractivity contribution >= 4 is 35.9 Å². The molecule has 0 unspecified atom stereocenters. The number of aliphatic hydroxyl groups is 2. The van der Waals surface area contributed by atoms with Crippen LogP contribution in [0.2, 0.25) is 0 Å². The van der Waals surface area contributed by atoms with Crippen LogP contribution in [-0.2, 0) is 30.0 Å². The van der Waals surface area contributed by atoms with E-state index in [1.165, 1.54) is 36.5 Å². The van der Waals surface area contributed by atoms with Crippen molar-refractivity contribution in [3.63, 3.8) is 0 Å². The number of aliphatic hydroxyl groups excluding tert-OH is 2. The summed E-state index contributed by atoms with van der Waals surface area (Å²) in [5.74, 6) is -0.647. The summed E-state index contributed by atoms with van der Waals surface area (Å²) < 4.78 is 0. The van der Waals surface area contributed by atoms with Gasteiger partial charge in [-0.2, -0.15) is 0 Å². The minimum absolute atomic E-state index is 0. The number of ketones is 2. The quantitative estimate of drug-likeness (QED) is 0.0773. The number of allylic oxidation sites excluding steroid dienone is 6. The van der Waals surface area contributed by atoms with E-state index in [9.17, 15) is 19.8 Å². The third kappa shape index (κ3) is 14.9. The average Bonchev–Trinajstić information content (AvgIpc) is 3.03. The molecular weight excluding hydrogens is 627 g/mol. The number of rotatable bonds is 10. The monoisotopic (exact) mass is 658 g/mol. The van der Waals surface area contributed by atoms with Crippen LogP contribution in [-0.4, -0.2) is 21.8 Å². The molecule has 0 saturated heterocycles. The Morgan fingerprint density at radius 2 is 0.628 bits per heavy atom. The smallest absolute Gasteiger partial charge is 0.182 e. The second kappa shape index (κ2) is 19.9. The van der Waals surface area contributed by atoms with Crippen molar-refractivity contribution in [2.24, 2.45) is 0 Å². The third-order valence-corrected chi connectivity index (χ3v) is 5.55. The molecule has 218 valence electrons. The molecule has 0 atom stereocenters. The fourth-order valence-corrected chi connectivity index (χ4v) is 3.46. The molecule has 0 fully saturated rings. The Hall–Kier alpha value is -5.08. The number of benzene rings is 4. The van der Waals surface area contributed by atoms with Gasteiger partial charge in [0.15, 0.2) is 11.6 Å². The summed E-state index contributed by atoms with van der Waals surface area (Å²) >= 11 is 0. The van der Waals surface area contributed by atoms with Gasteiger partial charge in [0.25, 0.3) is 0 Å². The summed E-state index contributed by atoms with van der Waals surface area (Å²) in [7, 11) is 0. The normalized spacial score (nSPS) is 11.8. The van der Waals surface area contributed by atoms with Gasteiger partial charge in [0.05, 0.1) is 0 Å². The molecule has 0 bridgehead atoms. The Labute approximate surface area is 266 Å². The largest absolute Gasteiger partial charge is 0.508 e. The van der Waals surface area contributed by atoms with E-state index in [-0.39, 0.29) is 43.5 Å². The molecule has 43 heavy (non-hydrogen) atoms. The number of hydrogen-bond donors (Lipinski definition) is 2. The minimum Gasteiger partial charge on any atom is -0.508 e. The Bertz CT molecular complexity index is 1460. The molecule has 0 amide bonds. The van der Waals surface area contributed by atoms with E-state index in [4.69, 9.17) is 0 Å². The van der Waals surface area contributed by atoms with Crippen molar-refractivity contribution < 1.29 is 40.2 Å². The Morgan fingerprint density at radius 3 is 0.884 bits per heavy atom. The first-order valence-corrected chi connectivity index (χ1v) is 13.3. The zero-order chi connectivity index (χ0) is 29.8. The van der Waals surface area contributed by atoms with Crippen molar-refractivity contribution in [2.45, 2.75) is 0 Å². The van der Waals surface area contributed by atoms with Gasteiger partial charge in [-0.1, -0.05) is 146 Å². The molecule has 0 aliphatic heterocycles. The molecule has 0 spiro atoms. The predicted molar refractivity (Wildman–Crippen MR) is 173 cm³/mol. The first kappa shape index (κ1) is 34.1. The summed E-state index contributed by atoms with van der Waals surface area (Å²) in [6.45, 7) is 0. The summed E-state index contributed by atoms with van der Waals surface area (Å²) in [5.41, 5.74) is 3.81. The van der Waals surface area contributed by atoms with Gasteiger partial charge >= 0.3 is 0 Å². The Balaban J connectivity index is 0.000000293. The van der Waals surface area contributed by atoms with Gasteiger partial charge in [0, 0.05) is 32.6 Å². The van der Waals surface area contributed by atoms with Gasteiger partial charge < -0.3 is 10.2 Å². The van der Waals surface area contributed by atoms with Gasteiger partial charge in [-0.25, -0.2) is 0 Å². The van der Waals surface area contributed by atoms with Gasteiger partial charge in [0.2, 0.25) is 0 Å². The van der Waals surface area contributed by atoms with Crippen LogP contribution >= 0.6 is 0 Å². The van der Waals surface area contributed by atoms with Crippen LogP contribution in [0.3, 0.4) is 0 Å². The standard InChI is InChI=1S/2C19H16O2.Pd/c2*20-18(13-11-16-7-3-1-4-8-16)15-19(21)14-12-17-9-5-2-6-10-17;/h2*1-15,20H;/b2*13-11+,14-12+,18-15-;. The topological polar surface area (TPSA) is 74.6 Å². The maximum Gasteiger partial charge on any atom is 0.182 e. The zero-order valence-electron chi connectivity index (χ0n) is 23.3. The molecule has 0 aromatic heterocycles. The molecule has 5 heteroatoms. The molecule has 4 aromatic carbocycles. The van der Waals surface area contributed by atoms with Crippen LogP contribution in [0, 0.1) is 0 Å². The van der Waals surface area contributed by atoms with Crippen molar-refractivity contribution in [1.29, 1.82) is 0 Å². The maximum absolute atomic E-state index is 11.7. The van der Waals surface area contributed by atoms with Crippen molar-refractivity contribution in [3.8, 4) is 0 Å². The van der Waals surface area contributed by atoms with Gasteiger partial charge in [0.1, 0.15) is 11.5 Å². The first-order valence-electron chi connectivity index (χ1n) is 13.3. The third-order valence-electron chi connectivity index (χ3n) is 5.55. The number of hydrogen-bond acceptors (Lipinski definition) is 4. The SMILES string of the molecule is O=C(/C=C(O)/C=C/c1ccccc1)/C=C/c1ccccc1.O=C(/C=C(O)/C=C/c1ccccc1)/C=C/c1ccccc1.[Pd]. The second-order valence-electron chi connectivity index (χ2n) is 8.92. The zero-order valence-corrected chi connectivity index (χ0v) is 24.9. The van der Waals surface area contributed by atoms with Gasteiger partial charge in [-0.15, -0.1) is 0 Å². The Kier molecular flexibility index (Phi) is 15.8. The van der Waals surface area contributed by atoms with E-state index in [0.29, 0.717) is 0 Å². The van der Waals surface area contributed by atoms with E-state index in [1.807, 2.05) is 121 Å². The summed E-state index contributed by atoms with van der Waals surface area (Å²) in [4.78, 5) is 23.4. The maximum atomic E-state index is 11.7. The van der Waals surface area contributed by atoms with Crippen LogP contribution in [0.15, 0.2) is 169 Å². The molecule has 4 nitrogen and oxygen atoms in total. The van der Waals surface area contributed by atoms with Crippen molar-refractivity contribution in [1.82, 2.24) is 0 Å². The molecule has 0 aliphatic carbocycles. The van der Waals surface area contributed by atoms with E-state index < -0.39 is 0 Å². The first-order chi connectivity index (χ1) is 20.5. The van der Waals surface area contributed by atoms with Crippen LogP contribution in [0.1, 0.15) is 22.3 Å². The summed E-state index contributed by atoms with van der Waals surface area (Å²) in [6, 6.07) is 38.2. The summed E-state index contributed by atoms with van der Waals surface area (Å²) in [6.07, 6.45) is 15.2. The van der Waals surface area contributed by atoms with Gasteiger partial charge in [-0.3, -0.25) is 9.59 Å². The predicted octanol–water partition coefficient (Wildman–Crippen LogP) is 8.85.